The van der Waals surface area contributed by atoms with E-state index in [1.165, 1.54) is 16.6 Å². The van der Waals surface area contributed by atoms with Gasteiger partial charge in [0.15, 0.2) is 0 Å². The Morgan fingerprint density at radius 3 is 2.52 bits per heavy atom. The van der Waals surface area contributed by atoms with Crippen LogP contribution >= 0.6 is 15.9 Å². The van der Waals surface area contributed by atoms with Gasteiger partial charge in [0.25, 0.3) is 0 Å². The minimum Gasteiger partial charge on any atom is -0.331 e. The molecule has 1 aromatic carbocycles. The van der Waals surface area contributed by atoms with Crippen LogP contribution in [0.25, 0.3) is 27.7 Å². The largest absolute Gasteiger partial charge is 0.331 e. The van der Waals surface area contributed by atoms with Gasteiger partial charge in [-0.1, -0.05) is 28.1 Å². The number of imidazole rings is 1. The van der Waals surface area contributed by atoms with Crippen molar-refractivity contribution in [2.24, 2.45) is 7.05 Å². The van der Waals surface area contributed by atoms with Crippen molar-refractivity contribution >= 4 is 32.5 Å². The number of hydrogen-bond donors (Lipinski definition) is 0. The summed E-state index contributed by atoms with van der Waals surface area (Å²) in [4.78, 5) is 4.70. The molecule has 104 valence electrons. The van der Waals surface area contributed by atoms with Crippen molar-refractivity contribution in [2.75, 3.05) is 0 Å². The maximum atomic E-state index is 4.70. The van der Waals surface area contributed by atoms with Gasteiger partial charge in [-0.15, -0.1) is 0 Å². The number of pyridine rings is 1. The minimum atomic E-state index is 1.03. The molecular weight excluding hydrogens is 326 g/mol. The summed E-state index contributed by atoms with van der Waals surface area (Å²) in [5.41, 5.74) is 5.79. The van der Waals surface area contributed by atoms with Crippen LogP contribution in [-0.2, 0) is 7.05 Å². The van der Waals surface area contributed by atoms with Gasteiger partial charge in [0.05, 0.1) is 11.0 Å². The summed E-state index contributed by atoms with van der Waals surface area (Å²) in [7, 11) is 2.06. The normalized spacial score (nSPS) is 11.6. The number of aryl methyl sites for hydroxylation is 2. The van der Waals surface area contributed by atoms with Crippen LogP contribution in [0.1, 0.15) is 5.82 Å². The monoisotopic (exact) mass is 339 g/mol. The maximum Gasteiger partial charge on any atom is 0.113 e. The lowest BCUT2D eigenvalue weighted by Crippen LogP contribution is -1.90. The lowest BCUT2D eigenvalue weighted by Gasteiger charge is -1.97. The van der Waals surface area contributed by atoms with Crippen LogP contribution < -0.4 is 0 Å². The first-order valence-corrected chi connectivity index (χ1v) is 7.62. The molecule has 3 aromatic heterocycles. The van der Waals surface area contributed by atoms with Crippen molar-refractivity contribution in [3.63, 3.8) is 0 Å². The van der Waals surface area contributed by atoms with Gasteiger partial charge in [-0.3, -0.25) is 0 Å². The summed E-state index contributed by atoms with van der Waals surface area (Å²) in [5.74, 6) is 1.03. The van der Waals surface area contributed by atoms with E-state index in [-0.39, 0.29) is 0 Å². The number of hydrogen-bond acceptors (Lipinski definition) is 1. The van der Waals surface area contributed by atoms with Crippen molar-refractivity contribution in [1.82, 2.24) is 14.0 Å². The van der Waals surface area contributed by atoms with Crippen molar-refractivity contribution in [3.05, 3.63) is 59.1 Å². The Labute approximate surface area is 131 Å². The lowest BCUT2D eigenvalue weighted by molar-refractivity contribution is 0.885. The number of benzene rings is 1. The van der Waals surface area contributed by atoms with E-state index in [2.05, 4.69) is 80.7 Å². The van der Waals surface area contributed by atoms with Gasteiger partial charge in [0, 0.05) is 29.5 Å². The summed E-state index contributed by atoms with van der Waals surface area (Å²) in [6.07, 6.45) is 4.25. The Kier molecular flexibility index (Phi) is 2.69. The first-order valence-electron chi connectivity index (χ1n) is 6.83. The Morgan fingerprint density at radius 1 is 1.00 bits per heavy atom. The standard InChI is InChI=1S/C17H14BrN3/c1-11-19-17-15(20(11)2)7-8-21-10-13(9-16(17)21)12-3-5-14(18)6-4-12/h3-10H,1-2H3. The highest BCUT2D eigenvalue weighted by Gasteiger charge is 2.10. The van der Waals surface area contributed by atoms with Crippen LogP contribution in [0.2, 0.25) is 0 Å². The summed E-state index contributed by atoms with van der Waals surface area (Å²) in [6, 6.07) is 12.7. The van der Waals surface area contributed by atoms with Crippen LogP contribution in [0.15, 0.2) is 53.3 Å². The van der Waals surface area contributed by atoms with Crippen LogP contribution in [0.4, 0.5) is 0 Å². The molecule has 0 aliphatic heterocycles. The molecule has 3 heterocycles. The summed E-state index contributed by atoms with van der Waals surface area (Å²) in [5, 5.41) is 0. The SMILES string of the molecule is Cc1nc2c(ccn3cc(-c4ccc(Br)cc4)cc23)n1C. The average molecular weight is 340 g/mol. The first kappa shape index (κ1) is 12.7. The van der Waals surface area contributed by atoms with Gasteiger partial charge in [-0.25, -0.2) is 4.98 Å². The second-order valence-corrected chi connectivity index (χ2v) is 6.21. The second-order valence-electron chi connectivity index (χ2n) is 5.30. The third-order valence-corrected chi connectivity index (χ3v) is 4.55. The fourth-order valence-electron chi connectivity index (χ4n) is 2.75. The number of rotatable bonds is 1. The Hall–Kier alpha value is -2.07. The molecule has 0 amide bonds. The quantitative estimate of drug-likeness (QED) is 0.498. The van der Waals surface area contributed by atoms with Gasteiger partial charge >= 0.3 is 0 Å². The molecule has 0 radical (unpaired) electrons. The van der Waals surface area contributed by atoms with Crippen molar-refractivity contribution < 1.29 is 0 Å². The van der Waals surface area contributed by atoms with Crippen LogP contribution in [0, 0.1) is 6.92 Å². The van der Waals surface area contributed by atoms with Gasteiger partial charge in [0.1, 0.15) is 11.3 Å². The molecule has 0 aliphatic rings. The predicted molar refractivity (Wildman–Crippen MR) is 89.5 cm³/mol. The summed E-state index contributed by atoms with van der Waals surface area (Å²) < 4.78 is 5.37. The van der Waals surface area contributed by atoms with Gasteiger partial charge in [-0.2, -0.15) is 0 Å². The number of fused-ring (bicyclic) bond motifs is 3. The third kappa shape index (κ3) is 1.90. The number of aromatic nitrogens is 3. The molecule has 0 bridgehead atoms. The smallest absolute Gasteiger partial charge is 0.113 e. The van der Waals surface area contributed by atoms with E-state index >= 15 is 0 Å². The highest BCUT2D eigenvalue weighted by Crippen LogP contribution is 2.28. The minimum absolute atomic E-state index is 1.03. The van der Waals surface area contributed by atoms with E-state index in [1.807, 2.05) is 6.92 Å². The lowest BCUT2D eigenvalue weighted by atomic mass is 10.1. The number of nitrogens with zero attached hydrogens (tertiary/aromatic N) is 3. The molecular formula is C17H14BrN3. The van der Waals surface area contributed by atoms with E-state index in [9.17, 15) is 0 Å². The highest BCUT2D eigenvalue weighted by atomic mass is 79.9. The molecule has 0 spiro atoms. The number of halogens is 1. The Balaban J connectivity index is 1.99. The molecule has 0 saturated heterocycles. The Morgan fingerprint density at radius 2 is 1.76 bits per heavy atom. The molecule has 0 aliphatic carbocycles. The molecule has 4 rings (SSSR count). The zero-order chi connectivity index (χ0) is 14.6. The van der Waals surface area contributed by atoms with Crippen LogP contribution in [-0.4, -0.2) is 14.0 Å². The predicted octanol–water partition coefficient (Wildman–Crippen LogP) is 4.56. The van der Waals surface area contributed by atoms with E-state index in [0.29, 0.717) is 0 Å². The van der Waals surface area contributed by atoms with Gasteiger partial charge in [0.2, 0.25) is 0 Å². The highest BCUT2D eigenvalue weighted by molar-refractivity contribution is 9.10. The van der Waals surface area contributed by atoms with Crippen molar-refractivity contribution in [2.45, 2.75) is 6.92 Å². The fourth-order valence-corrected chi connectivity index (χ4v) is 3.01. The molecule has 21 heavy (non-hydrogen) atoms. The second kappa shape index (κ2) is 4.46. The molecule has 0 fully saturated rings. The molecule has 0 N–H and O–H groups in total. The molecule has 4 heteroatoms. The molecule has 0 unspecified atom stereocenters. The summed E-state index contributed by atoms with van der Waals surface area (Å²) >= 11 is 3.48. The van der Waals surface area contributed by atoms with Crippen LogP contribution in [0.3, 0.4) is 0 Å². The van der Waals surface area contributed by atoms with E-state index < -0.39 is 0 Å². The molecule has 4 aromatic rings. The van der Waals surface area contributed by atoms with E-state index in [1.54, 1.807) is 0 Å². The molecule has 3 nitrogen and oxygen atoms in total. The molecule has 0 atom stereocenters. The molecule has 0 saturated carbocycles. The Bertz CT molecular complexity index is 961. The van der Waals surface area contributed by atoms with E-state index in [0.717, 1.165) is 21.3 Å². The first-order chi connectivity index (χ1) is 10.1. The van der Waals surface area contributed by atoms with Crippen molar-refractivity contribution in [1.29, 1.82) is 0 Å². The maximum absolute atomic E-state index is 4.70. The van der Waals surface area contributed by atoms with Gasteiger partial charge in [-0.05, 0) is 36.8 Å². The topological polar surface area (TPSA) is 22.2 Å². The zero-order valence-corrected chi connectivity index (χ0v) is 13.4. The third-order valence-electron chi connectivity index (χ3n) is 4.02. The zero-order valence-electron chi connectivity index (χ0n) is 11.8. The fraction of sp³-hybridized carbons (Fsp3) is 0.118. The van der Waals surface area contributed by atoms with Crippen LogP contribution in [0.5, 0.6) is 0 Å². The van der Waals surface area contributed by atoms with Crippen molar-refractivity contribution in [3.8, 4) is 11.1 Å². The average Bonchev–Trinajstić information content (AvgIpc) is 3.02. The summed E-state index contributed by atoms with van der Waals surface area (Å²) in [6.45, 7) is 2.04. The van der Waals surface area contributed by atoms with E-state index in [4.69, 9.17) is 4.98 Å². The van der Waals surface area contributed by atoms with Gasteiger partial charge < -0.3 is 8.97 Å².